The third-order valence-electron chi connectivity index (χ3n) is 4.78. The highest BCUT2D eigenvalue weighted by Gasteiger charge is 2.31. The van der Waals surface area contributed by atoms with E-state index < -0.39 is 0 Å². The Morgan fingerprint density at radius 2 is 2.00 bits per heavy atom. The first kappa shape index (κ1) is 23.1. The number of carbonyl (C=O) groups excluding carboxylic acids is 1. The molecule has 1 N–H and O–H groups in total. The second kappa shape index (κ2) is 10.1. The maximum absolute atomic E-state index is 13.5. The normalized spacial score (nSPS) is 16.5. The highest BCUT2D eigenvalue weighted by Crippen LogP contribution is 2.26. The number of carbonyl (C=O) groups is 1. The molecule has 2 aromatic carbocycles. The van der Waals surface area contributed by atoms with Gasteiger partial charge in [-0.2, -0.15) is 0 Å². The predicted octanol–water partition coefficient (Wildman–Crippen LogP) is 4.52. The lowest BCUT2D eigenvalue weighted by Gasteiger charge is -2.39. The minimum Gasteiger partial charge on any atom is -0.357 e. The summed E-state index contributed by atoms with van der Waals surface area (Å²) in [7, 11) is 1.82. The van der Waals surface area contributed by atoms with Crippen LogP contribution >= 0.6 is 44.3 Å². The lowest BCUT2D eigenvalue weighted by molar-refractivity contribution is -0.132. The molecular weight excluding hydrogens is 512 g/mol. The second-order valence-electron chi connectivity index (χ2n) is 6.79. The largest absolute Gasteiger partial charge is 0.357 e. The van der Waals surface area contributed by atoms with Crippen LogP contribution in [0.1, 0.15) is 11.1 Å². The van der Waals surface area contributed by atoms with Gasteiger partial charge in [-0.1, -0.05) is 6.07 Å². The van der Waals surface area contributed by atoms with Crippen LogP contribution in [0.15, 0.2) is 45.3 Å². The van der Waals surface area contributed by atoms with Gasteiger partial charge in [-0.15, -0.1) is 12.4 Å². The number of hydrogen-bond donors (Lipinski definition) is 1. The van der Waals surface area contributed by atoms with Crippen LogP contribution < -0.4 is 10.2 Å². The van der Waals surface area contributed by atoms with Crippen molar-refractivity contribution in [3.63, 3.8) is 0 Å². The molecule has 0 spiro atoms. The van der Waals surface area contributed by atoms with E-state index in [1.807, 2.05) is 32.2 Å². The van der Waals surface area contributed by atoms with Crippen molar-refractivity contribution >= 4 is 55.9 Å². The smallest absolute Gasteiger partial charge is 0.246 e. The van der Waals surface area contributed by atoms with Gasteiger partial charge in [-0.05, 0) is 80.2 Å². The Morgan fingerprint density at radius 1 is 1.25 bits per heavy atom. The lowest BCUT2D eigenvalue weighted by Crippen LogP contribution is -2.58. The van der Waals surface area contributed by atoms with Crippen molar-refractivity contribution in [1.29, 1.82) is 0 Å². The zero-order valence-corrected chi connectivity index (χ0v) is 19.7. The summed E-state index contributed by atoms with van der Waals surface area (Å²) in [5.41, 5.74) is 2.81. The molecule has 28 heavy (non-hydrogen) atoms. The summed E-state index contributed by atoms with van der Waals surface area (Å²) >= 11 is 6.97. The molecule has 0 bridgehead atoms. The Hall–Kier alpha value is -1.15. The van der Waals surface area contributed by atoms with Crippen LogP contribution in [0, 0.1) is 12.7 Å². The van der Waals surface area contributed by atoms with Crippen LogP contribution in [0.25, 0.3) is 0 Å². The monoisotopic (exact) mass is 533 g/mol. The van der Waals surface area contributed by atoms with Gasteiger partial charge in [0.05, 0.1) is 0 Å². The van der Waals surface area contributed by atoms with Gasteiger partial charge in [0.25, 0.3) is 0 Å². The molecule has 1 heterocycles. The molecule has 1 unspecified atom stereocenters. The molecule has 1 atom stereocenters. The number of piperazine rings is 1. The zero-order chi connectivity index (χ0) is 19.6. The van der Waals surface area contributed by atoms with E-state index in [0.717, 1.165) is 32.3 Å². The average Bonchev–Trinajstić information content (AvgIpc) is 2.64. The molecule has 0 radical (unpaired) electrons. The van der Waals surface area contributed by atoms with Crippen molar-refractivity contribution < 1.29 is 9.18 Å². The summed E-state index contributed by atoms with van der Waals surface area (Å²) in [5.74, 6) is -0.211. The molecule has 1 saturated heterocycles. The van der Waals surface area contributed by atoms with E-state index >= 15 is 0 Å². The minimum atomic E-state index is -0.313. The van der Waals surface area contributed by atoms with Crippen molar-refractivity contribution in [1.82, 2.24) is 10.2 Å². The Bertz CT molecular complexity index is 852. The number of rotatable bonds is 4. The van der Waals surface area contributed by atoms with Crippen LogP contribution in [0.4, 0.5) is 10.1 Å². The Kier molecular flexibility index (Phi) is 8.30. The minimum absolute atomic E-state index is 0. The molecule has 0 aliphatic carbocycles. The number of anilines is 1. The van der Waals surface area contributed by atoms with E-state index in [1.54, 1.807) is 11.0 Å². The summed E-state index contributed by atoms with van der Waals surface area (Å²) < 4.78 is 15.4. The van der Waals surface area contributed by atoms with Gasteiger partial charge >= 0.3 is 0 Å². The first-order chi connectivity index (χ1) is 12.9. The summed E-state index contributed by atoms with van der Waals surface area (Å²) in [4.78, 5) is 17.0. The van der Waals surface area contributed by atoms with Crippen LogP contribution in [0.3, 0.4) is 0 Å². The number of likely N-dealkylation sites (N-methyl/N-ethyl adjacent to an activating group) is 1. The molecule has 3 rings (SSSR count). The van der Waals surface area contributed by atoms with Crippen LogP contribution in [-0.4, -0.2) is 43.5 Å². The van der Waals surface area contributed by atoms with Gasteiger partial charge in [0.1, 0.15) is 11.9 Å². The average molecular weight is 536 g/mol. The fraction of sp³-hybridized carbons (Fsp3) is 0.350. The summed E-state index contributed by atoms with van der Waals surface area (Å²) in [6.07, 6.45) is 0. The molecule has 1 fully saturated rings. The Labute approximate surface area is 188 Å². The third-order valence-corrected chi connectivity index (χ3v) is 6.66. The molecular formula is C20H23Br2ClFN3O. The maximum Gasteiger partial charge on any atom is 0.246 e. The molecule has 1 amide bonds. The van der Waals surface area contributed by atoms with Crippen LogP contribution in [0.2, 0.25) is 0 Å². The molecule has 2 aromatic rings. The number of nitrogens with one attached hydrogen (secondary N) is 1. The van der Waals surface area contributed by atoms with Crippen molar-refractivity contribution in [3.05, 3.63) is 62.3 Å². The molecule has 0 saturated carbocycles. The highest BCUT2D eigenvalue weighted by molar-refractivity contribution is 9.13. The van der Waals surface area contributed by atoms with E-state index in [0.29, 0.717) is 19.6 Å². The number of halogens is 4. The number of nitrogens with zero attached hydrogens (tertiary/aromatic N) is 2. The third kappa shape index (κ3) is 5.26. The van der Waals surface area contributed by atoms with E-state index in [1.165, 1.54) is 12.1 Å². The Morgan fingerprint density at radius 3 is 2.68 bits per heavy atom. The van der Waals surface area contributed by atoms with Crippen LogP contribution in [-0.2, 0) is 11.3 Å². The molecule has 1 aliphatic rings. The van der Waals surface area contributed by atoms with Crippen molar-refractivity contribution in [2.45, 2.75) is 19.5 Å². The van der Waals surface area contributed by atoms with E-state index in [-0.39, 0.29) is 30.2 Å². The van der Waals surface area contributed by atoms with E-state index in [4.69, 9.17) is 0 Å². The summed E-state index contributed by atoms with van der Waals surface area (Å²) in [6.45, 7) is 4.48. The number of benzene rings is 2. The van der Waals surface area contributed by atoms with Gasteiger partial charge in [0.2, 0.25) is 5.91 Å². The van der Waals surface area contributed by atoms with Gasteiger partial charge in [-0.3, -0.25) is 4.79 Å². The predicted molar refractivity (Wildman–Crippen MR) is 121 cm³/mol. The van der Waals surface area contributed by atoms with Gasteiger partial charge < -0.3 is 15.1 Å². The van der Waals surface area contributed by atoms with Gasteiger partial charge in [0.15, 0.2) is 0 Å². The van der Waals surface area contributed by atoms with E-state index in [9.17, 15) is 9.18 Å². The molecule has 0 aromatic heterocycles. The second-order valence-corrected chi connectivity index (χ2v) is 8.50. The van der Waals surface area contributed by atoms with Crippen molar-refractivity contribution in [2.75, 3.05) is 31.6 Å². The molecule has 8 heteroatoms. The number of amides is 1. The maximum atomic E-state index is 13.5. The zero-order valence-electron chi connectivity index (χ0n) is 15.7. The first-order valence-electron chi connectivity index (χ1n) is 8.79. The topological polar surface area (TPSA) is 35.6 Å². The molecule has 1 aliphatic heterocycles. The van der Waals surface area contributed by atoms with Crippen molar-refractivity contribution in [2.24, 2.45) is 0 Å². The summed E-state index contributed by atoms with van der Waals surface area (Å²) in [5, 5.41) is 3.30. The fourth-order valence-electron chi connectivity index (χ4n) is 3.40. The van der Waals surface area contributed by atoms with Gasteiger partial charge in [-0.25, -0.2) is 4.39 Å². The summed E-state index contributed by atoms with van der Waals surface area (Å²) in [6, 6.07) is 10.4. The Balaban J connectivity index is 0.00000280. The van der Waals surface area contributed by atoms with Crippen molar-refractivity contribution in [3.8, 4) is 0 Å². The first-order valence-corrected chi connectivity index (χ1v) is 10.4. The quantitative estimate of drug-likeness (QED) is 0.626. The van der Waals surface area contributed by atoms with Crippen LogP contribution in [0.5, 0.6) is 0 Å². The number of hydrogen-bond acceptors (Lipinski definition) is 3. The van der Waals surface area contributed by atoms with E-state index in [2.05, 4.69) is 42.1 Å². The molecule has 4 nitrogen and oxygen atoms in total. The highest BCUT2D eigenvalue weighted by atomic mass is 79.9. The lowest BCUT2D eigenvalue weighted by atomic mass is 10.1. The standard InChI is InChI=1S/C20H22Br2FN3O.ClH/c1-13-9-15(23)4-6-18(13)26-8-7-24-11-19(26)20(27)25(2)12-14-3-5-16(21)17(22)10-14;/h3-6,9-10,19,24H,7-8,11-12H2,1-2H3;1H. The number of aryl methyl sites for hydroxylation is 1. The van der Waals surface area contributed by atoms with Gasteiger partial charge in [0, 0.05) is 47.9 Å². The fourth-order valence-corrected chi connectivity index (χ4v) is 4.07. The SMILES string of the molecule is Cc1cc(F)ccc1N1CCNCC1C(=O)N(C)Cc1ccc(Br)c(Br)c1.Cl. The molecule has 152 valence electrons.